The summed E-state index contributed by atoms with van der Waals surface area (Å²) in [5.41, 5.74) is 3.27. The van der Waals surface area contributed by atoms with Gasteiger partial charge in [0.05, 0.1) is 17.1 Å². The molecule has 0 saturated heterocycles. The first-order valence-electron chi connectivity index (χ1n) is 9.15. The molecule has 4 nitrogen and oxygen atoms in total. The molecule has 0 fully saturated rings. The van der Waals surface area contributed by atoms with Crippen LogP contribution in [0.1, 0.15) is 24.2 Å². The highest BCUT2D eigenvalue weighted by Gasteiger charge is 2.22. The van der Waals surface area contributed by atoms with Crippen LogP contribution in [0.3, 0.4) is 0 Å². The van der Waals surface area contributed by atoms with Crippen LogP contribution in [-0.2, 0) is 17.6 Å². The summed E-state index contributed by atoms with van der Waals surface area (Å²) in [5.74, 6) is -1.75. The molecular weight excluding hydrogens is 380 g/mol. The predicted molar refractivity (Wildman–Crippen MR) is 106 cm³/mol. The van der Waals surface area contributed by atoms with Gasteiger partial charge >= 0.3 is 0 Å². The first-order valence-corrected chi connectivity index (χ1v) is 10.1. The Hall–Kier alpha value is -2.67. The molecule has 0 atom stereocenters. The smallest absolute Gasteiger partial charge is 0.234 e. The fraction of sp³-hybridized carbons (Fsp3) is 0.238. The van der Waals surface area contributed by atoms with E-state index < -0.39 is 11.6 Å². The number of nitrogens with one attached hydrogen (secondary N) is 1. The quantitative estimate of drug-likeness (QED) is 0.629. The molecule has 1 aliphatic carbocycles. The van der Waals surface area contributed by atoms with E-state index in [2.05, 4.69) is 9.88 Å². The van der Waals surface area contributed by atoms with Crippen molar-refractivity contribution in [3.05, 3.63) is 71.6 Å². The largest absolute Gasteiger partial charge is 0.323 e. The predicted octanol–water partition coefficient (Wildman–Crippen LogP) is 4.76. The van der Waals surface area contributed by atoms with E-state index >= 15 is 0 Å². The lowest BCUT2D eigenvalue weighted by Crippen LogP contribution is -2.15. The zero-order valence-corrected chi connectivity index (χ0v) is 15.9. The minimum absolute atomic E-state index is 0.0299. The second-order valence-corrected chi connectivity index (χ2v) is 7.57. The number of halogens is 2. The molecule has 0 unspecified atom stereocenters. The maximum absolute atomic E-state index is 13.7. The van der Waals surface area contributed by atoms with Crippen molar-refractivity contribution in [2.75, 3.05) is 11.1 Å². The van der Waals surface area contributed by atoms with Gasteiger partial charge in [-0.3, -0.25) is 9.36 Å². The van der Waals surface area contributed by atoms with Gasteiger partial charge in [-0.05, 0) is 49.9 Å². The van der Waals surface area contributed by atoms with Gasteiger partial charge in [0.2, 0.25) is 5.91 Å². The summed E-state index contributed by atoms with van der Waals surface area (Å²) in [6.45, 7) is 0. The third-order valence-electron chi connectivity index (χ3n) is 4.65. The van der Waals surface area contributed by atoms with Crippen LogP contribution in [0.4, 0.5) is 14.5 Å². The zero-order valence-electron chi connectivity index (χ0n) is 15.1. The number of nitrogens with zero attached hydrogens (tertiary/aromatic N) is 2. The summed E-state index contributed by atoms with van der Waals surface area (Å²) in [4.78, 5) is 17.0. The van der Waals surface area contributed by atoms with Crippen LogP contribution in [-0.4, -0.2) is 21.2 Å². The van der Waals surface area contributed by atoms with Gasteiger partial charge in [-0.25, -0.2) is 13.8 Å². The van der Waals surface area contributed by atoms with Gasteiger partial charge in [0.1, 0.15) is 11.6 Å². The Kier molecular flexibility index (Phi) is 5.43. The molecule has 2 aromatic carbocycles. The lowest BCUT2D eigenvalue weighted by molar-refractivity contribution is -0.113. The van der Waals surface area contributed by atoms with E-state index in [9.17, 15) is 13.6 Å². The summed E-state index contributed by atoms with van der Waals surface area (Å²) >= 11 is 1.32. The van der Waals surface area contributed by atoms with Gasteiger partial charge < -0.3 is 5.32 Å². The number of thioether (sulfide) groups is 1. The van der Waals surface area contributed by atoms with Crippen LogP contribution in [0, 0.1) is 11.6 Å². The van der Waals surface area contributed by atoms with Crippen LogP contribution < -0.4 is 5.32 Å². The Morgan fingerprint density at radius 3 is 2.68 bits per heavy atom. The number of carbonyl (C=O) groups excluding carboxylic acids is 1. The molecule has 4 rings (SSSR count). The first kappa shape index (κ1) is 18.7. The van der Waals surface area contributed by atoms with Crippen molar-refractivity contribution in [3.63, 3.8) is 0 Å². The van der Waals surface area contributed by atoms with Gasteiger partial charge in [0, 0.05) is 17.4 Å². The minimum Gasteiger partial charge on any atom is -0.323 e. The molecule has 0 spiro atoms. The summed E-state index contributed by atoms with van der Waals surface area (Å²) < 4.78 is 28.9. The van der Waals surface area contributed by atoms with Crippen molar-refractivity contribution in [3.8, 4) is 5.69 Å². The van der Waals surface area contributed by atoms with Gasteiger partial charge in [0.15, 0.2) is 5.16 Å². The lowest BCUT2D eigenvalue weighted by atomic mass is 10.0. The summed E-state index contributed by atoms with van der Waals surface area (Å²) in [5, 5.41) is 3.25. The van der Waals surface area contributed by atoms with Gasteiger partial charge in [-0.2, -0.15) is 0 Å². The van der Waals surface area contributed by atoms with E-state index in [0.29, 0.717) is 0 Å². The third-order valence-corrected chi connectivity index (χ3v) is 5.59. The maximum atomic E-state index is 13.7. The van der Waals surface area contributed by atoms with Crippen LogP contribution in [0.2, 0.25) is 0 Å². The Bertz CT molecular complexity index is 1000. The van der Waals surface area contributed by atoms with E-state index in [1.807, 2.05) is 30.3 Å². The maximum Gasteiger partial charge on any atom is 0.234 e. The monoisotopic (exact) mass is 399 g/mol. The number of rotatable bonds is 5. The van der Waals surface area contributed by atoms with E-state index in [-0.39, 0.29) is 17.3 Å². The minimum atomic E-state index is -0.792. The molecule has 7 heteroatoms. The number of hydrogen-bond donors (Lipinski definition) is 1. The van der Waals surface area contributed by atoms with Crippen LogP contribution in [0.5, 0.6) is 0 Å². The van der Waals surface area contributed by atoms with Gasteiger partial charge in [0.25, 0.3) is 0 Å². The zero-order chi connectivity index (χ0) is 19.5. The molecule has 1 heterocycles. The number of benzene rings is 2. The van der Waals surface area contributed by atoms with E-state index in [1.54, 1.807) is 0 Å². The summed E-state index contributed by atoms with van der Waals surface area (Å²) in [6, 6.07) is 13.0. The number of hydrogen-bond acceptors (Lipinski definition) is 3. The summed E-state index contributed by atoms with van der Waals surface area (Å²) in [7, 11) is 0. The van der Waals surface area contributed by atoms with Crippen LogP contribution >= 0.6 is 11.8 Å². The van der Waals surface area contributed by atoms with E-state index in [1.165, 1.54) is 23.5 Å². The van der Waals surface area contributed by atoms with Crippen molar-refractivity contribution in [2.45, 2.75) is 30.8 Å². The molecule has 0 bridgehead atoms. The van der Waals surface area contributed by atoms with Crippen molar-refractivity contribution >= 4 is 23.4 Å². The molecule has 1 aromatic heterocycles. The topological polar surface area (TPSA) is 46.9 Å². The number of aryl methyl sites for hydroxylation is 1. The molecule has 1 N–H and O–H groups in total. The molecule has 1 amide bonds. The molecule has 3 aromatic rings. The number of fused-ring (bicyclic) bond motifs is 1. The Labute approximate surface area is 166 Å². The molecule has 28 heavy (non-hydrogen) atoms. The van der Waals surface area contributed by atoms with Crippen LogP contribution in [0.25, 0.3) is 5.69 Å². The highest BCUT2D eigenvalue weighted by Crippen LogP contribution is 2.30. The number of aromatic nitrogens is 2. The number of carbonyl (C=O) groups is 1. The standard InChI is InChI=1S/C21H19F2N3OS/c22-14-10-11-17(16(23)12-14)24-20(27)13-28-21-25-18-8-4-5-9-19(18)26(21)15-6-2-1-3-7-15/h1-3,6-7,10-12H,4-5,8-9,13H2,(H,24,27). The normalized spacial score (nSPS) is 13.2. The Morgan fingerprint density at radius 1 is 1.11 bits per heavy atom. The van der Waals surface area contributed by atoms with Crippen LogP contribution in [0.15, 0.2) is 53.7 Å². The highest BCUT2D eigenvalue weighted by molar-refractivity contribution is 7.99. The van der Waals surface area contributed by atoms with Crippen molar-refractivity contribution < 1.29 is 13.6 Å². The number of imidazole rings is 1. The number of anilines is 1. The Balaban J connectivity index is 1.53. The van der Waals surface area contributed by atoms with Crippen molar-refractivity contribution in [2.24, 2.45) is 0 Å². The molecular formula is C21H19F2N3OS. The molecule has 144 valence electrons. The Morgan fingerprint density at radius 2 is 1.89 bits per heavy atom. The molecule has 0 aliphatic heterocycles. The lowest BCUT2D eigenvalue weighted by Gasteiger charge is -2.15. The van der Waals surface area contributed by atoms with E-state index in [0.717, 1.165) is 54.4 Å². The highest BCUT2D eigenvalue weighted by atomic mass is 32.2. The molecule has 0 radical (unpaired) electrons. The average Bonchev–Trinajstić information content (AvgIpc) is 3.07. The third kappa shape index (κ3) is 3.94. The second kappa shape index (κ2) is 8.14. The first-order chi connectivity index (χ1) is 13.6. The van der Waals surface area contributed by atoms with E-state index in [4.69, 9.17) is 4.98 Å². The molecule has 1 aliphatic rings. The number of amides is 1. The number of para-hydroxylation sites is 1. The fourth-order valence-corrected chi connectivity index (χ4v) is 4.21. The second-order valence-electron chi connectivity index (χ2n) is 6.63. The van der Waals surface area contributed by atoms with Gasteiger partial charge in [-0.15, -0.1) is 0 Å². The average molecular weight is 399 g/mol. The fourth-order valence-electron chi connectivity index (χ4n) is 3.36. The summed E-state index contributed by atoms with van der Waals surface area (Å²) in [6.07, 6.45) is 4.15. The SMILES string of the molecule is O=C(CSc1nc2c(n1-c1ccccc1)CCCC2)Nc1ccc(F)cc1F. The van der Waals surface area contributed by atoms with Crippen molar-refractivity contribution in [1.29, 1.82) is 0 Å². The molecule has 0 saturated carbocycles. The van der Waals surface area contributed by atoms with Crippen molar-refractivity contribution in [1.82, 2.24) is 9.55 Å². The van der Waals surface area contributed by atoms with Gasteiger partial charge in [-0.1, -0.05) is 30.0 Å².